The van der Waals surface area contributed by atoms with Crippen LogP contribution in [0.3, 0.4) is 0 Å². The second-order valence-electron chi connectivity index (χ2n) is 1.93. The van der Waals surface area contributed by atoms with Gasteiger partial charge in [-0.1, -0.05) is 5.16 Å². The number of aromatic nitrogens is 2. The number of aryl methyl sites for hydroxylation is 1. The summed E-state index contributed by atoms with van der Waals surface area (Å²) in [6.07, 6.45) is -0.832. The van der Waals surface area contributed by atoms with Crippen LogP contribution in [0.2, 0.25) is 0 Å². The number of aliphatic hydroxyl groups excluding tert-OH is 1. The van der Waals surface area contributed by atoms with Gasteiger partial charge >= 0.3 is 0 Å². The molecule has 0 aliphatic heterocycles. The Morgan fingerprint density at radius 3 is 2.90 bits per heavy atom. The highest BCUT2D eigenvalue weighted by Gasteiger charge is 2.11. The van der Waals surface area contributed by atoms with Crippen LogP contribution >= 0.6 is 0 Å². The molecule has 0 saturated heterocycles. The number of aliphatic hydroxyl groups is 1. The van der Waals surface area contributed by atoms with E-state index in [-0.39, 0.29) is 12.4 Å². The fourth-order valence-electron chi connectivity index (χ4n) is 0.549. The van der Waals surface area contributed by atoms with Gasteiger partial charge in [0, 0.05) is 6.54 Å². The lowest BCUT2D eigenvalue weighted by Gasteiger charge is -1.97. The third-order valence-corrected chi connectivity index (χ3v) is 1.05. The van der Waals surface area contributed by atoms with Gasteiger partial charge in [-0.15, -0.1) is 0 Å². The van der Waals surface area contributed by atoms with Crippen LogP contribution < -0.4 is 5.73 Å². The summed E-state index contributed by atoms with van der Waals surface area (Å²) < 4.78 is 4.63. The summed E-state index contributed by atoms with van der Waals surface area (Å²) >= 11 is 0. The zero-order valence-corrected chi connectivity index (χ0v) is 5.61. The molecule has 0 radical (unpaired) electrons. The Morgan fingerprint density at radius 2 is 2.50 bits per heavy atom. The topological polar surface area (TPSA) is 85.2 Å². The van der Waals surface area contributed by atoms with E-state index in [0.29, 0.717) is 5.82 Å². The van der Waals surface area contributed by atoms with E-state index in [0.717, 1.165) is 0 Å². The van der Waals surface area contributed by atoms with Crippen LogP contribution in [0.4, 0.5) is 0 Å². The summed E-state index contributed by atoms with van der Waals surface area (Å²) in [5, 5.41) is 12.5. The fourth-order valence-corrected chi connectivity index (χ4v) is 0.549. The van der Waals surface area contributed by atoms with E-state index in [1.165, 1.54) is 0 Å². The van der Waals surface area contributed by atoms with E-state index < -0.39 is 6.10 Å². The van der Waals surface area contributed by atoms with Crippen molar-refractivity contribution in [1.29, 1.82) is 0 Å². The zero-order chi connectivity index (χ0) is 7.56. The third kappa shape index (κ3) is 1.31. The molecular weight excluding hydrogens is 134 g/mol. The van der Waals surface area contributed by atoms with Gasteiger partial charge in [0.2, 0.25) is 0 Å². The van der Waals surface area contributed by atoms with E-state index in [1.807, 2.05) is 0 Å². The van der Waals surface area contributed by atoms with Crippen molar-refractivity contribution >= 4 is 0 Å². The largest absolute Gasteiger partial charge is 0.382 e. The quantitative estimate of drug-likeness (QED) is 0.575. The average molecular weight is 143 g/mol. The van der Waals surface area contributed by atoms with Gasteiger partial charge in [-0.05, 0) is 6.92 Å². The first-order valence-electron chi connectivity index (χ1n) is 2.92. The van der Waals surface area contributed by atoms with Gasteiger partial charge in [-0.2, -0.15) is 4.98 Å². The third-order valence-electron chi connectivity index (χ3n) is 1.05. The highest BCUT2D eigenvalue weighted by molar-refractivity contribution is 4.87. The SMILES string of the molecule is Cc1noc([C@@H](O)CN)n1. The lowest BCUT2D eigenvalue weighted by molar-refractivity contribution is 0.141. The molecule has 56 valence electrons. The van der Waals surface area contributed by atoms with Crippen molar-refractivity contribution in [3.8, 4) is 0 Å². The number of nitrogens with zero attached hydrogens (tertiary/aromatic N) is 2. The molecule has 5 nitrogen and oxygen atoms in total. The maximum Gasteiger partial charge on any atom is 0.256 e. The molecule has 1 aromatic rings. The highest BCUT2D eigenvalue weighted by Crippen LogP contribution is 2.06. The molecule has 1 rings (SSSR count). The van der Waals surface area contributed by atoms with Gasteiger partial charge < -0.3 is 15.4 Å². The van der Waals surface area contributed by atoms with Gasteiger partial charge in [-0.25, -0.2) is 0 Å². The minimum Gasteiger partial charge on any atom is -0.382 e. The first-order valence-corrected chi connectivity index (χ1v) is 2.92. The van der Waals surface area contributed by atoms with Crippen LogP contribution in [0.1, 0.15) is 17.8 Å². The maximum atomic E-state index is 9.02. The van der Waals surface area contributed by atoms with Crippen molar-refractivity contribution in [3.63, 3.8) is 0 Å². The van der Waals surface area contributed by atoms with Gasteiger partial charge in [0.05, 0.1) is 0 Å². The molecule has 0 aromatic carbocycles. The molecule has 0 unspecified atom stereocenters. The molecule has 1 aromatic heterocycles. The molecule has 5 heteroatoms. The molecule has 1 atom stereocenters. The smallest absolute Gasteiger partial charge is 0.256 e. The second-order valence-corrected chi connectivity index (χ2v) is 1.93. The van der Waals surface area contributed by atoms with Crippen LogP contribution in [0.5, 0.6) is 0 Å². The second kappa shape index (κ2) is 2.76. The van der Waals surface area contributed by atoms with Crippen molar-refractivity contribution in [1.82, 2.24) is 10.1 Å². The molecular formula is C5H9N3O2. The molecule has 1 heterocycles. The number of hydrogen-bond donors (Lipinski definition) is 2. The monoisotopic (exact) mass is 143 g/mol. The molecule has 3 N–H and O–H groups in total. The molecule has 0 spiro atoms. The molecule has 10 heavy (non-hydrogen) atoms. The van der Waals surface area contributed by atoms with Crippen molar-refractivity contribution in [2.24, 2.45) is 5.73 Å². The standard InChI is InChI=1S/C5H9N3O2/c1-3-7-5(10-8-3)4(9)2-6/h4,9H,2,6H2,1H3/t4-/m0/s1. The maximum absolute atomic E-state index is 9.02. The summed E-state index contributed by atoms with van der Waals surface area (Å²) in [5.74, 6) is 0.683. The summed E-state index contributed by atoms with van der Waals surface area (Å²) in [4.78, 5) is 3.77. The Bertz CT molecular complexity index is 210. The summed E-state index contributed by atoms with van der Waals surface area (Å²) in [6, 6.07) is 0. The molecule has 0 aliphatic rings. The van der Waals surface area contributed by atoms with E-state index in [1.54, 1.807) is 6.92 Å². The Kier molecular flexibility index (Phi) is 1.98. The van der Waals surface area contributed by atoms with Crippen molar-refractivity contribution < 1.29 is 9.63 Å². The molecule has 0 amide bonds. The van der Waals surface area contributed by atoms with Crippen LogP contribution in [0.25, 0.3) is 0 Å². The van der Waals surface area contributed by atoms with Gasteiger partial charge in [0.25, 0.3) is 5.89 Å². The Labute approximate surface area is 57.8 Å². The van der Waals surface area contributed by atoms with E-state index >= 15 is 0 Å². The van der Waals surface area contributed by atoms with Crippen LogP contribution in [-0.4, -0.2) is 21.8 Å². The van der Waals surface area contributed by atoms with E-state index in [9.17, 15) is 0 Å². The number of nitrogens with two attached hydrogens (primary N) is 1. The highest BCUT2D eigenvalue weighted by atomic mass is 16.5. The Hall–Kier alpha value is -0.940. The molecule has 0 aliphatic carbocycles. The van der Waals surface area contributed by atoms with Crippen molar-refractivity contribution in [2.45, 2.75) is 13.0 Å². The number of hydrogen-bond acceptors (Lipinski definition) is 5. The van der Waals surface area contributed by atoms with Crippen LogP contribution in [-0.2, 0) is 0 Å². The lowest BCUT2D eigenvalue weighted by Crippen LogP contribution is -2.11. The van der Waals surface area contributed by atoms with Crippen LogP contribution in [0, 0.1) is 6.92 Å². The summed E-state index contributed by atoms with van der Waals surface area (Å²) in [6.45, 7) is 1.78. The zero-order valence-electron chi connectivity index (χ0n) is 5.61. The summed E-state index contributed by atoms with van der Waals surface area (Å²) in [7, 11) is 0. The predicted molar refractivity (Wildman–Crippen MR) is 33.0 cm³/mol. The molecule has 0 bridgehead atoms. The normalized spacial score (nSPS) is 13.5. The summed E-state index contributed by atoms with van der Waals surface area (Å²) in [5.41, 5.74) is 5.14. The first kappa shape index (κ1) is 7.17. The van der Waals surface area contributed by atoms with Gasteiger partial charge in [0.15, 0.2) is 5.82 Å². The first-order chi connectivity index (χ1) is 4.74. The Balaban J connectivity index is 2.74. The molecule has 0 fully saturated rings. The van der Waals surface area contributed by atoms with Crippen molar-refractivity contribution in [2.75, 3.05) is 6.54 Å². The average Bonchev–Trinajstić information content (AvgIpc) is 2.34. The van der Waals surface area contributed by atoms with E-state index in [4.69, 9.17) is 10.8 Å². The fraction of sp³-hybridized carbons (Fsp3) is 0.600. The van der Waals surface area contributed by atoms with E-state index in [2.05, 4.69) is 14.7 Å². The van der Waals surface area contributed by atoms with Crippen LogP contribution in [0.15, 0.2) is 4.52 Å². The Morgan fingerprint density at radius 1 is 1.80 bits per heavy atom. The molecule has 0 saturated carbocycles. The van der Waals surface area contributed by atoms with Gasteiger partial charge in [-0.3, -0.25) is 0 Å². The van der Waals surface area contributed by atoms with Gasteiger partial charge in [0.1, 0.15) is 6.10 Å². The minimum absolute atomic E-state index is 0.0988. The van der Waals surface area contributed by atoms with Crippen molar-refractivity contribution in [3.05, 3.63) is 11.7 Å². The lowest BCUT2D eigenvalue weighted by atomic mass is 10.4. The number of rotatable bonds is 2. The minimum atomic E-state index is -0.832. The predicted octanol–water partition coefficient (Wildman–Crippen LogP) is -0.630.